The highest BCUT2D eigenvalue weighted by atomic mass is 79.9. The number of benzene rings is 2. The van der Waals surface area contributed by atoms with Gasteiger partial charge in [-0.05, 0) is 50.3 Å². The Balaban J connectivity index is 1.97. The van der Waals surface area contributed by atoms with E-state index >= 15 is 0 Å². The van der Waals surface area contributed by atoms with Crippen LogP contribution in [-0.2, 0) is 6.54 Å². The summed E-state index contributed by atoms with van der Waals surface area (Å²) in [5, 5.41) is 7.20. The van der Waals surface area contributed by atoms with Crippen LogP contribution in [0.4, 0.5) is 0 Å². The van der Waals surface area contributed by atoms with Gasteiger partial charge in [0.2, 0.25) is 4.77 Å². The molecule has 0 saturated carbocycles. The number of ether oxygens (including phenoxy) is 3. The highest BCUT2D eigenvalue weighted by Crippen LogP contribution is 2.36. The number of para-hydroxylation sites is 1. The molecule has 0 aliphatic rings. The third-order valence-corrected chi connectivity index (χ3v) is 4.85. The molecule has 1 aromatic heterocycles. The molecule has 3 rings (SSSR count). The Morgan fingerprint density at radius 2 is 1.90 bits per heavy atom. The maximum Gasteiger partial charge on any atom is 0.214 e. The van der Waals surface area contributed by atoms with Crippen LogP contribution in [0.2, 0.25) is 0 Å². The van der Waals surface area contributed by atoms with Gasteiger partial charge in [-0.25, -0.2) is 9.77 Å². The van der Waals surface area contributed by atoms with Crippen molar-refractivity contribution in [2.24, 2.45) is 0 Å². The van der Waals surface area contributed by atoms with Gasteiger partial charge in [0.05, 0.1) is 32.4 Å². The van der Waals surface area contributed by atoms with E-state index in [1.54, 1.807) is 18.9 Å². The molecule has 0 fully saturated rings. The number of aromatic amines is 1. The maximum absolute atomic E-state index is 6.01. The largest absolute Gasteiger partial charge is 0.496 e. The zero-order chi connectivity index (χ0) is 21.0. The van der Waals surface area contributed by atoms with Crippen molar-refractivity contribution in [3.05, 3.63) is 51.2 Å². The quantitative estimate of drug-likeness (QED) is 0.447. The van der Waals surface area contributed by atoms with Crippen molar-refractivity contribution in [3.8, 4) is 28.6 Å². The second-order valence-electron chi connectivity index (χ2n) is 6.49. The fraction of sp³-hybridized carbons (Fsp3) is 0.300. The molecule has 7 nitrogen and oxygen atoms in total. The number of methoxy groups -OCH3 is 2. The van der Waals surface area contributed by atoms with Crippen LogP contribution in [0.1, 0.15) is 19.4 Å². The van der Waals surface area contributed by atoms with Gasteiger partial charge in [-0.2, -0.15) is 5.10 Å². The fourth-order valence-electron chi connectivity index (χ4n) is 2.89. The van der Waals surface area contributed by atoms with E-state index in [1.165, 1.54) is 0 Å². The standard InChI is InChI=1S/C20H23BrN4O3S/c1-12(2)28-18-13(9-14(21)10-17(18)27-4)11-22-25-19(23-24-20(25)29)15-7-5-6-8-16(15)26-3/h5-10,12,22H,11H2,1-4H3,(H,24,29). The molecule has 3 aromatic rings. The van der Waals surface area contributed by atoms with E-state index in [2.05, 4.69) is 31.6 Å². The summed E-state index contributed by atoms with van der Waals surface area (Å²) in [6, 6.07) is 11.5. The molecule has 1 heterocycles. The Kier molecular flexibility index (Phi) is 6.81. The Bertz CT molecular complexity index is 1050. The highest BCUT2D eigenvalue weighted by Gasteiger charge is 2.17. The van der Waals surface area contributed by atoms with E-state index in [0.29, 0.717) is 34.4 Å². The molecule has 0 radical (unpaired) electrons. The smallest absolute Gasteiger partial charge is 0.214 e. The van der Waals surface area contributed by atoms with E-state index in [9.17, 15) is 0 Å². The third kappa shape index (κ3) is 4.73. The summed E-state index contributed by atoms with van der Waals surface area (Å²) in [7, 11) is 3.25. The molecule has 0 saturated heterocycles. The summed E-state index contributed by atoms with van der Waals surface area (Å²) in [5.74, 6) is 2.68. The van der Waals surface area contributed by atoms with Crippen molar-refractivity contribution in [2.75, 3.05) is 19.6 Å². The molecule has 9 heteroatoms. The molecular weight excluding hydrogens is 456 g/mol. The SMILES string of the molecule is COc1ccccc1-c1n[nH]c(=S)n1NCc1cc(Br)cc(OC)c1OC(C)C. The monoisotopic (exact) mass is 478 g/mol. The second-order valence-corrected chi connectivity index (χ2v) is 7.79. The minimum Gasteiger partial charge on any atom is -0.496 e. The van der Waals surface area contributed by atoms with Crippen LogP contribution < -0.4 is 19.6 Å². The minimum atomic E-state index is 0.00376. The molecular formula is C20H23BrN4O3S. The lowest BCUT2D eigenvalue weighted by Gasteiger charge is -2.19. The molecule has 0 amide bonds. The molecule has 0 aliphatic heterocycles. The van der Waals surface area contributed by atoms with Gasteiger partial charge in [-0.3, -0.25) is 0 Å². The molecule has 0 bridgehead atoms. The summed E-state index contributed by atoms with van der Waals surface area (Å²) in [6.45, 7) is 4.39. The Morgan fingerprint density at radius 3 is 2.59 bits per heavy atom. The summed E-state index contributed by atoms with van der Waals surface area (Å²) in [4.78, 5) is 0. The van der Waals surface area contributed by atoms with E-state index in [0.717, 1.165) is 15.6 Å². The first kappa shape index (κ1) is 21.2. The average Bonchev–Trinajstić information content (AvgIpc) is 3.07. The van der Waals surface area contributed by atoms with Crippen molar-refractivity contribution >= 4 is 28.1 Å². The van der Waals surface area contributed by atoms with Gasteiger partial charge in [-0.15, -0.1) is 0 Å². The van der Waals surface area contributed by atoms with Gasteiger partial charge < -0.3 is 19.6 Å². The second kappa shape index (κ2) is 9.32. The highest BCUT2D eigenvalue weighted by molar-refractivity contribution is 9.10. The van der Waals surface area contributed by atoms with Crippen molar-refractivity contribution in [1.82, 2.24) is 14.9 Å². The van der Waals surface area contributed by atoms with Gasteiger partial charge in [-0.1, -0.05) is 28.1 Å². The van der Waals surface area contributed by atoms with Crippen molar-refractivity contribution < 1.29 is 14.2 Å². The first-order valence-electron chi connectivity index (χ1n) is 9.02. The lowest BCUT2D eigenvalue weighted by atomic mass is 10.2. The van der Waals surface area contributed by atoms with Gasteiger partial charge in [0.1, 0.15) is 5.75 Å². The predicted octanol–water partition coefficient (Wildman–Crippen LogP) is 4.92. The first-order valence-corrected chi connectivity index (χ1v) is 10.2. The number of aromatic nitrogens is 3. The van der Waals surface area contributed by atoms with Gasteiger partial charge in [0.25, 0.3) is 0 Å². The Morgan fingerprint density at radius 1 is 1.17 bits per heavy atom. The number of hydrogen-bond acceptors (Lipinski definition) is 6. The van der Waals surface area contributed by atoms with Crippen LogP contribution in [-0.4, -0.2) is 35.2 Å². The zero-order valence-corrected chi connectivity index (χ0v) is 19.1. The lowest BCUT2D eigenvalue weighted by molar-refractivity contribution is 0.227. The van der Waals surface area contributed by atoms with Crippen molar-refractivity contribution in [2.45, 2.75) is 26.5 Å². The summed E-state index contributed by atoms with van der Waals surface area (Å²) in [5.41, 5.74) is 5.06. The van der Waals surface area contributed by atoms with E-state index in [4.69, 9.17) is 26.4 Å². The molecule has 2 aromatic carbocycles. The predicted molar refractivity (Wildman–Crippen MR) is 119 cm³/mol. The van der Waals surface area contributed by atoms with Crippen LogP contribution in [0.15, 0.2) is 40.9 Å². The fourth-order valence-corrected chi connectivity index (χ4v) is 3.57. The molecule has 2 N–H and O–H groups in total. The van der Waals surface area contributed by atoms with Crippen LogP contribution in [0.25, 0.3) is 11.4 Å². The summed E-state index contributed by atoms with van der Waals surface area (Å²) >= 11 is 8.95. The van der Waals surface area contributed by atoms with Crippen LogP contribution in [0, 0.1) is 4.77 Å². The van der Waals surface area contributed by atoms with Crippen molar-refractivity contribution in [1.29, 1.82) is 0 Å². The number of H-pyrrole nitrogens is 1. The van der Waals surface area contributed by atoms with Gasteiger partial charge in [0, 0.05) is 10.0 Å². The molecule has 0 unspecified atom stereocenters. The van der Waals surface area contributed by atoms with Crippen LogP contribution >= 0.6 is 28.1 Å². The summed E-state index contributed by atoms with van der Waals surface area (Å²) in [6.07, 6.45) is 0.00376. The van der Waals surface area contributed by atoms with Gasteiger partial charge >= 0.3 is 0 Å². The third-order valence-electron chi connectivity index (χ3n) is 4.12. The van der Waals surface area contributed by atoms with E-state index < -0.39 is 0 Å². The average molecular weight is 479 g/mol. The molecule has 0 aliphatic carbocycles. The van der Waals surface area contributed by atoms with E-state index in [1.807, 2.05) is 50.2 Å². The number of rotatable bonds is 8. The molecule has 0 atom stereocenters. The number of hydrogen-bond donors (Lipinski definition) is 2. The van der Waals surface area contributed by atoms with Crippen molar-refractivity contribution in [3.63, 3.8) is 0 Å². The Hall–Kier alpha value is -2.52. The van der Waals surface area contributed by atoms with E-state index in [-0.39, 0.29) is 6.10 Å². The maximum atomic E-state index is 6.01. The number of nitrogens with one attached hydrogen (secondary N) is 2. The normalized spacial score (nSPS) is 10.8. The van der Waals surface area contributed by atoms with Crippen LogP contribution in [0.5, 0.6) is 17.2 Å². The summed E-state index contributed by atoms with van der Waals surface area (Å²) < 4.78 is 20.0. The molecule has 154 valence electrons. The topological polar surface area (TPSA) is 73.3 Å². The number of halogens is 1. The van der Waals surface area contributed by atoms with Crippen LogP contribution in [0.3, 0.4) is 0 Å². The molecule has 29 heavy (non-hydrogen) atoms. The lowest BCUT2D eigenvalue weighted by Crippen LogP contribution is -2.18. The van der Waals surface area contributed by atoms with Gasteiger partial charge in [0.15, 0.2) is 17.3 Å². The molecule has 0 spiro atoms. The number of nitrogens with zero attached hydrogens (tertiary/aromatic N) is 2. The zero-order valence-electron chi connectivity index (χ0n) is 16.7. The Labute approximate surface area is 183 Å². The first-order chi connectivity index (χ1) is 13.9. The minimum absolute atomic E-state index is 0.00376.